The number of hydrogen-bond donors (Lipinski definition) is 1. The van der Waals surface area contributed by atoms with Gasteiger partial charge in [-0.3, -0.25) is 4.90 Å². The largest absolute Gasteiger partial charge is 0.389 e. The van der Waals surface area contributed by atoms with Crippen LogP contribution in [0, 0.1) is 0 Å². The average Bonchev–Trinajstić information content (AvgIpc) is 2.41. The molecule has 0 amide bonds. The Kier molecular flexibility index (Phi) is 5.16. The minimum absolute atomic E-state index is 0.381. The van der Waals surface area contributed by atoms with Crippen molar-refractivity contribution in [2.75, 3.05) is 19.8 Å². The standard InChI is InChI=1S/C14H19ClN2OS/c1-2-12-9-18-6-5-17(12)8-11-4-3-10(14(16)19)7-13(11)15/h3-4,7,12H,2,5-6,8-9H2,1H3,(H2,16,19). The highest BCUT2D eigenvalue weighted by Gasteiger charge is 2.22. The van der Waals surface area contributed by atoms with Crippen molar-refractivity contribution >= 4 is 28.8 Å². The van der Waals surface area contributed by atoms with E-state index in [2.05, 4.69) is 11.8 Å². The van der Waals surface area contributed by atoms with Gasteiger partial charge in [-0.15, -0.1) is 0 Å². The Morgan fingerprint density at radius 1 is 1.58 bits per heavy atom. The Hall–Kier alpha value is -0.680. The first-order valence-electron chi connectivity index (χ1n) is 6.51. The molecule has 0 bridgehead atoms. The number of nitrogens with zero attached hydrogens (tertiary/aromatic N) is 1. The SMILES string of the molecule is CCC1COCCN1Cc1ccc(C(N)=S)cc1Cl. The molecule has 1 unspecified atom stereocenters. The highest BCUT2D eigenvalue weighted by Crippen LogP contribution is 2.22. The van der Waals surface area contributed by atoms with Gasteiger partial charge in [0.2, 0.25) is 0 Å². The summed E-state index contributed by atoms with van der Waals surface area (Å²) in [5.74, 6) is 0. The molecule has 1 aliphatic heterocycles. The lowest BCUT2D eigenvalue weighted by Gasteiger charge is -2.35. The molecule has 104 valence electrons. The second-order valence-electron chi connectivity index (χ2n) is 4.78. The van der Waals surface area contributed by atoms with Crippen LogP contribution in [0.4, 0.5) is 0 Å². The number of nitrogens with two attached hydrogens (primary N) is 1. The summed E-state index contributed by atoms with van der Waals surface area (Å²) >= 11 is 11.3. The molecule has 2 rings (SSSR count). The van der Waals surface area contributed by atoms with E-state index in [0.29, 0.717) is 11.0 Å². The van der Waals surface area contributed by atoms with Gasteiger partial charge in [0, 0.05) is 29.7 Å². The first kappa shape index (κ1) is 14.7. The van der Waals surface area contributed by atoms with Crippen LogP contribution in [-0.4, -0.2) is 35.7 Å². The van der Waals surface area contributed by atoms with Gasteiger partial charge in [0.05, 0.1) is 13.2 Å². The maximum atomic E-state index is 6.31. The van der Waals surface area contributed by atoms with Crippen molar-refractivity contribution in [2.24, 2.45) is 5.73 Å². The number of hydrogen-bond acceptors (Lipinski definition) is 3. The van der Waals surface area contributed by atoms with Crippen LogP contribution in [0.2, 0.25) is 5.02 Å². The van der Waals surface area contributed by atoms with Gasteiger partial charge in [-0.2, -0.15) is 0 Å². The van der Waals surface area contributed by atoms with E-state index in [1.54, 1.807) is 0 Å². The minimum Gasteiger partial charge on any atom is -0.389 e. The van der Waals surface area contributed by atoms with Gasteiger partial charge >= 0.3 is 0 Å². The Balaban J connectivity index is 2.11. The zero-order valence-electron chi connectivity index (χ0n) is 11.1. The monoisotopic (exact) mass is 298 g/mol. The minimum atomic E-state index is 0.381. The fraction of sp³-hybridized carbons (Fsp3) is 0.500. The molecular formula is C14H19ClN2OS. The second kappa shape index (κ2) is 6.66. The zero-order chi connectivity index (χ0) is 13.8. The molecule has 5 heteroatoms. The molecular weight excluding hydrogens is 280 g/mol. The third-order valence-electron chi connectivity index (χ3n) is 3.53. The van der Waals surface area contributed by atoms with E-state index in [4.69, 9.17) is 34.3 Å². The van der Waals surface area contributed by atoms with Gasteiger partial charge in [0.25, 0.3) is 0 Å². The number of halogens is 1. The second-order valence-corrected chi connectivity index (χ2v) is 5.62. The number of morpholine rings is 1. The molecule has 0 spiro atoms. The number of rotatable bonds is 4. The maximum Gasteiger partial charge on any atom is 0.104 e. The van der Waals surface area contributed by atoms with Crippen LogP contribution in [0.25, 0.3) is 0 Å². The van der Waals surface area contributed by atoms with E-state index in [1.807, 2.05) is 18.2 Å². The molecule has 2 N–H and O–H groups in total. The summed E-state index contributed by atoms with van der Waals surface area (Å²) in [4.78, 5) is 2.80. The average molecular weight is 299 g/mol. The van der Waals surface area contributed by atoms with Gasteiger partial charge < -0.3 is 10.5 Å². The first-order valence-corrected chi connectivity index (χ1v) is 7.30. The van der Waals surface area contributed by atoms with E-state index in [9.17, 15) is 0 Å². The lowest BCUT2D eigenvalue weighted by molar-refractivity contribution is -0.0127. The van der Waals surface area contributed by atoms with Crippen LogP contribution >= 0.6 is 23.8 Å². The molecule has 1 fully saturated rings. The van der Waals surface area contributed by atoms with Crippen LogP contribution in [0.3, 0.4) is 0 Å². The van der Waals surface area contributed by atoms with Crippen LogP contribution in [0.15, 0.2) is 18.2 Å². The molecule has 1 heterocycles. The molecule has 0 saturated carbocycles. The molecule has 19 heavy (non-hydrogen) atoms. The first-order chi connectivity index (χ1) is 9.11. The molecule has 1 atom stereocenters. The maximum absolute atomic E-state index is 6.31. The van der Waals surface area contributed by atoms with E-state index >= 15 is 0 Å². The lowest BCUT2D eigenvalue weighted by atomic mass is 10.1. The molecule has 1 aromatic carbocycles. The van der Waals surface area contributed by atoms with Crippen molar-refractivity contribution in [2.45, 2.75) is 25.9 Å². The van der Waals surface area contributed by atoms with Gasteiger partial charge in [-0.1, -0.05) is 42.9 Å². The molecule has 3 nitrogen and oxygen atoms in total. The highest BCUT2D eigenvalue weighted by atomic mass is 35.5. The Bertz CT molecular complexity index is 467. The van der Waals surface area contributed by atoms with Crippen molar-refractivity contribution in [1.82, 2.24) is 4.90 Å². The number of ether oxygens (including phenoxy) is 1. The van der Waals surface area contributed by atoms with Gasteiger partial charge in [0.15, 0.2) is 0 Å². The lowest BCUT2D eigenvalue weighted by Crippen LogP contribution is -2.44. The molecule has 1 saturated heterocycles. The molecule has 0 aliphatic carbocycles. The highest BCUT2D eigenvalue weighted by molar-refractivity contribution is 7.80. The van der Waals surface area contributed by atoms with Crippen LogP contribution in [0.1, 0.15) is 24.5 Å². The Labute approximate surface area is 124 Å². The molecule has 0 aromatic heterocycles. The van der Waals surface area contributed by atoms with E-state index < -0.39 is 0 Å². The summed E-state index contributed by atoms with van der Waals surface area (Å²) in [7, 11) is 0. The summed E-state index contributed by atoms with van der Waals surface area (Å²) in [6.07, 6.45) is 1.09. The predicted molar refractivity (Wildman–Crippen MR) is 82.6 cm³/mol. The Morgan fingerprint density at radius 2 is 2.37 bits per heavy atom. The molecule has 1 aromatic rings. The van der Waals surface area contributed by atoms with Gasteiger partial charge in [0.1, 0.15) is 4.99 Å². The van der Waals surface area contributed by atoms with E-state index in [1.165, 1.54) is 0 Å². The summed E-state index contributed by atoms with van der Waals surface area (Å²) in [5, 5.41) is 0.728. The van der Waals surface area contributed by atoms with Crippen molar-refractivity contribution in [3.05, 3.63) is 34.3 Å². The van der Waals surface area contributed by atoms with Crippen LogP contribution in [0.5, 0.6) is 0 Å². The third-order valence-corrected chi connectivity index (χ3v) is 4.12. The summed E-state index contributed by atoms with van der Waals surface area (Å²) < 4.78 is 5.51. The Morgan fingerprint density at radius 3 is 3.00 bits per heavy atom. The fourth-order valence-electron chi connectivity index (χ4n) is 2.32. The van der Waals surface area contributed by atoms with Crippen LogP contribution < -0.4 is 5.73 Å². The summed E-state index contributed by atoms with van der Waals surface area (Å²) in [6, 6.07) is 6.27. The topological polar surface area (TPSA) is 38.5 Å². The quantitative estimate of drug-likeness (QED) is 0.867. The predicted octanol–water partition coefficient (Wildman–Crippen LogP) is 2.58. The van der Waals surface area contributed by atoms with Crippen molar-refractivity contribution < 1.29 is 4.74 Å². The van der Waals surface area contributed by atoms with Gasteiger partial charge in [-0.05, 0) is 18.1 Å². The van der Waals surface area contributed by atoms with Crippen molar-refractivity contribution in [3.63, 3.8) is 0 Å². The number of thiocarbonyl (C=S) groups is 1. The van der Waals surface area contributed by atoms with E-state index in [-0.39, 0.29) is 0 Å². The number of benzene rings is 1. The normalized spacial score (nSPS) is 20.4. The fourth-order valence-corrected chi connectivity index (χ4v) is 2.69. The van der Waals surface area contributed by atoms with Gasteiger partial charge in [-0.25, -0.2) is 0 Å². The van der Waals surface area contributed by atoms with E-state index in [0.717, 1.165) is 48.9 Å². The van der Waals surface area contributed by atoms with Crippen LogP contribution in [-0.2, 0) is 11.3 Å². The third kappa shape index (κ3) is 3.66. The smallest absolute Gasteiger partial charge is 0.104 e. The van der Waals surface area contributed by atoms with Crippen molar-refractivity contribution in [1.29, 1.82) is 0 Å². The summed E-state index contributed by atoms with van der Waals surface area (Å²) in [6.45, 7) is 5.58. The molecule has 0 radical (unpaired) electrons. The summed E-state index contributed by atoms with van der Waals surface area (Å²) in [5.41, 5.74) is 7.54. The zero-order valence-corrected chi connectivity index (χ0v) is 12.6. The van der Waals surface area contributed by atoms with Crippen molar-refractivity contribution in [3.8, 4) is 0 Å². The molecule has 1 aliphatic rings.